The second-order valence-corrected chi connectivity index (χ2v) is 10.6. The molecule has 6 rings (SSSR count). The van der Waals surface area contributed by atoms with Gasteiger partial charge >= 0.3 is 0 Å². The van der Waals surface area contributed by atoms with Crippen LogP contribution in [0.5, 0.6) is 5.75 Å². The smallest absolute Gasteiger partial charge is 0.289 e. The van der Waals surface area contributed by atoms with Crippen LogP contribution in [-0.2, 0) is 9.59 Å². The molecule has 9 nitrogen and oxygen atoms in total. The first-order valence-electron chi connectivity index (χ1n) is 11.6. The van der Waals surface area contributed by atoms with Gasteiger partial charge in [0.15, 0.2) is 12.5 Å². The van der Waals surface area contributed by atoms with Gasteiger partial charge in [0.1, 0.15) is 5.75 Å². The number of nitrogens with one attached hydrogen (secondary N) is 2. The van der Waals surface area contributed by atoms with Gasteiger partial charge in [-0.25, -0.2) is 4.98 Å². The molecule has 0 spiro atoms. The van der Waals surface area contributed by atoms with E-state index in [1.165, 1.54) is 6.20 Å². The zero-order chi connectivity index (χ0) is 24.8. The quantitative estimate of drug-likeness (QED) is 0.578. The molecule has 2 heterocycles. The van der Waals surface area contributed by atoms with E-state index in [4.69, 9.17) is 32.4 Å². The number of oxazole rings is 1. The normalized spacial score (nSPS) is 25.3. The molecule has 2 aromatic rings. The minimum absolute atomic E-state index is 0.0717. The third-order valence-electron chi connectivity index (χ3n) is 7.11. The van der Waals surface area contributed by atoms with Crippen LogP contribution in [-0.4, -0.2) is 58.4 Å². The maximum absolute atomic E-state index is 12.7. The largest absolute Gasteiger partial charge is 0.484 e. The Balaban J connectivity index is 1.06. The number of hydrogen-bond acceptors (Lipinski definition) is 6. The van der Waals surface area contributed by atoms with Crippen LogP contribution in [0.3, 0.4) is 0 Å². The van der Waals surface area contributed by atoms with Gasteiger partial charge in [-0.15, -0.1) is 0 Å². The maximum Gasteiger partial charge on any atom is 0.289 e. The second kappa shape index (κ2) is 9.02. The number of rotatable bonds is 7. The molecular weight excluding hydrogens is 495 g/mol. The van der Waals surface area contributed by atoms with Crippen LogP contribution in [0.25, 0.3) is 0 Å². The Kier molecular flexibility index (Phi) is 6.17. The van der Waals surface area contributed by atoms with Gasteiger partial charge in [0.05, 0.1) is 16.2 Å². The number of piperidine rings is 1. The highest BCUT2D eigenvalue weighted by molar-refractivity contribution is 6.42. The number of likely N-dealkylation sites (tertiary alicyclic amines) is 1. The standard InChI is InChI=1S/C24H26Cl2N4O5/c1-14(31)30-6-4-15(5-7-30)22-27-9-19(35-22)21(33)29-24-11-23(12-24,13-24)28-20(32)10-34-16-2-3-17(25)18(26)8-16/h2-3,8-9,15H,4-7,10-13H2,1H3,(H,28,32)(H,29,33). The van der Waals surface area contributed by atoms with E-state index in [1.54, 1.807) is 25.1 Å². The van der Waals surface area contributed by atoms with Gasteiger partial charge in [-0.05, 0) is 44.2 Å². The van der Waals surface area contributed by atoms with Gasteiger partial charge < -0.3 is 24.7 Å². The van der Waals surface area contributed by atoms with E-state index in [1.807, 2.05) is 4.90 Å². The van der Waals surface area contributed by atoms with E-state index in [-0.39, 0.29) is 47.1 Å². The van der Waals surface area contributed by atoms with Crippen molar-refractivity contribution in [3.8, 4) is 5.75 Å². The summed E-state index contributed by atoms with van der Waals surface area (Å²) in [6, 6.07) is 4.82. The third kappa shape index (κ3) is 4.84. The van der Waals surface area contributed by atoms with Crippen molar-refractivity contribution in [2.45, 2.75) is 56.0 Å². The summed E-state index contributed by atoms with van der Waals surface area (Å²) in [5.41, 5.74) is -0.628. The van der Waals surface area contributed by atoms with E-state index in [0.29, 0.717) is 54.0 Å². The molecule has 0 unspecified atom stereocenters. The van der Waals surface area contributed by atoms with E-state index in [2.05, 4.69) is 15.6 Å². The first-order valence-corrected chi connectivity index (χ1v) is 12.3. The zero-order valence-corrected chi connectivity index (χ0v) is 20.7. The van der Waals surface area contributed by atoms with Crippen LogP contribution in [0.15, 0.2) is 28.8 Å². The lowest BCUT2D eigenvalue weighted by Crippen LogP contribution is -2.84. The van der Waals surface area contributed by atoms with Crippen molar-refractivity contribution in [2.24, 2.45) is 0 Å². The summed E-state index contributed by atoms with van der Waals surface area (Å²) in [7, 11) is 0. The highest BCUT2D eigenvalue weighted by Gasteiger charge is 2.69. The molecule has 2 bridgehead atoms. The molecule has 4 aliphatic rings. The van der Waals surface area contributed by atoms with E-state index in [9.17, 15) is 14.4 Å². The predicted octanol–water partition coefficient (Wildman–Crippen LogP) is 3.31. The summed E-state index contributed by atoms with van der Waals surface area (Å²) in [4.78, 5) is 42.7. The lowest BCUT2D eigenvalue weighted by Gasteiger charge is -2.70. The summed E-state index contributed by atoms with van der Waals surface area (Å²) in [5, 5.41) is 6.84. The Morgan fingerprint density at radius 3 is 2.46 bits per heavy atom. The van der Waals surface area contributed by atoms with E-state index >= 15 is 0 Å². The molecule has 1 saturated heterocycles. The predicted molar refractivity (Wildman–Crippen MR) is 128 cm³/mol. The SMILES string of the molecule is CC(=O)N1CCC(c2ncc(C(=O)NC34CC(NC(=O)COc5ccc(Cl)c(Cl)c5)(C3)C4)o2)CC1. The van der Waals surface area contributed by atoms with Gasteiger partial charge in [-0.2, -0.15) is 0 Å². The average Bonchev–Trinajstić information content (AvgIpc) is 3.28. The fraction of sp³-hybridized carbons (Fsp3) is 0.500. The molecule has 35 heavy (non-hydrogen) atoms. The lowest BCUT2D eigenvalue weighted by atomic mass is 9.44. The van der Waals surface area contributed by atoms with Crippen LogP contribution in [0.4, 0.5) is 0 Å². The van der Waals surface area contributed by atoms with Gasteiger partial charge in [0.25, 0.3) is 11.8 Å². The summed E-state index contributed by atoms with van der Waals surface area (Å²) >= 11 is 11.8. The molecule has 4 fully saturated rings. The van der Waals surface area contributed by atoms with Crippen LogP contribution in [0.2, 0.25) is 10.0 Å². The van der Waals surface area contributed by atoms with Crippen LogP contribution in [0.1, 0.15) is 61.4 Å². The number of carbonyl (C=O) groups is 3. The maximum atomic E-state index is 12.7. The topological polar surface area (TPSA) is 114 Å². The monoisotopic (exact) mass is 520 g/mol. The molecule has 1 aliphatic heterocycles. The molecule has 11 heteroatoms. The minimum atomic E-state index is -0.325. The van der Waals surface area contributed by atoms with Crippen molar-refractivity contribution in [3.63, 3.8) is 0 Å². The molecule has 186 valence electrons. The van der Waals surface area contributed by atoms with Crippen molar-refractivity contribution in [1.82, 2.24) is 20.5 Å². The van der Waals surface area contributed by atoms with Crippen molar-refractivity contribution >= 4 is 40.9 Å². The van der Waals surface area contributed by atoms with E-state index < -0.39 is 0 Å². The first-order chi connectivity index (χ1) is 16.7. The number of hydrogen-bond donors (Lipinski definition) is 2. The van der Waals surface area contributed by atoms with Gasteiger partial charge in [-0.3, -0.25) is 14.4 Å². The average molecular weight is 521 g/mol. The number of ether oxygens (including phenoxy) is 1. The van der Waals surface area contributed by atoms with Crippen molar-refractivity contribution in [3.05, 3.63) is 46.1 Å². The Labute approximate surface area is 212 Å². The molecule has 3 saturated carbocycles. The molecule has 1 aromatic heterocycles. The highest BCUT2D eigenvalue weighted by atomic mass is 35.5. The van der Waals surface area contributed by atoms with Crippen molar-refractivity contribution in [1.29, 1.82) is 0 Å². The Morgan fingerprint density at radius 2 is 1.80 bits per heavy atom. The van der Waals surface area contributed by atoms with Crippen molar-refractivity contribution < 1.29 is 23.5 Å². The van der Waals surface area contributed by atoms with E-state index in [0.717, 1.165) is 12.8 Å². The molecule has 0 atom stereocenters. The summed E-state index contributed by atoms with van der Waals surface area (Å²) < 4.78 is 11.3. The Morgan fingerprint density at radius 1 is 1.11 bits per heavy atom. The van der Waals surface area contributed by atoms with Gasteiger partial charge in [-0.1, -0.05) is 23.2 Å². The van der Waals surface area contributed by atoms with Crippen LogP contribution < -0.4 is 15.4 Å². The van der Waals surface area contributed by atoms with Crippen LogP contribution >= 0.6 is 23.2 Å². The summed E-state index contributed by atoms with van der Waals surface area (Å²) in [6.07, 6.45) is 4.98. The minimum Gasteiger partial charge on any atom is -0.484 e. The summed E-state index contributed by atoms with van der Waals surface area (Å²) in [5.74, 6) is 0.841. The number of carbonyl (C=O) groups excluding carboxylic acids is 3. The molecular formula is C24H26Cl2N4O5. The molecule has 3 aliphatic carbocycles. The number of amides is 3. The lowest BCUT2D eigenvalue weighted by molar-refractivity contribution is -0.141. The molecule has 3 amide bonds. The van der Waals surface area contributed by atoms with Crippen molar-refractivity contribution in [2.75, 3.05) is 19.7 Å². The fourth-order valence-electron chi connectivity index (χ4n) is 5.43. The number of halogens is 2. The zero-order valence-electron chi connectivity index (χ0n) is 19.2. The number of nitrogens with zero attached hydrogens (tertiary/aromatic N) is 2. The van der Waals surface area contributed by atoms with Gasteiger partial charge in [0, 0.05) is 43.1 Å². The second-order valence-electron chi connectivity index (χ2n) is 9.80. The third-order valence-corrected chi connectivity index (χ3v) is 7.85. The fourth-order valence-corrected chi connectivity index (χ4v) is 5.71. The molecule has 0 radical (unpaired) electrons. The summed E-state index contributed by atoms with van der Waals surface area (Å²) in [6.45, 7) is 2.77. The number of aromatic nitrogens is 1. The Hall–Kier alpha value is -2.78. The van der Waals surface area contributed by atoms with Crippen LogP contribution in [0, 0.1) is 0 Å². The first kappa shape index (κ1) is 23.9. The van der Waals surface area contributed by atoms with Gasteiger partial charge in [0.2, 0.25) is 11.7 Å². The molecule has 1 aromatic carbocycles. The Bertz CT molecular complexity index is 1150. The number of benzene rings is 1. The molecule has 2 N–H and O–H groups in total. The highest BCUT2D eigenvalue weighted by Crippen LogP contribution is 2.60.